The van der Waals surface area contributed by atoms with Gasteiger partial charge >= 0.3 is 0 Å². The Bertz CT molecular complexity index is 1340. The van der Waals surface area contributed by atoms with Crippen molar-refractivity contribution in [2.75, 3.05) is 0 Å². The van der Waals surface area contributed by atoms with Crippen molar-refractivity contribution >= 4 is 51.5 Å². The van der Waals surface area contributed by atoms with Crippen LogP contribution in [0, 0.1) is 0 Å². The van der Waals surface area contributed by atoms with Gasteiger partial charge in [0.25, 0.3) is 0 Å². The quantitative estimate of drug-likeness (QED) is 0.201. The van der Waals surface area contributed by atoms with E-state index in [4.69, 9.17) is 38.0 Å². The highest BCUT2D eigenvalue weighted by Gasteiger charge is 2.34. The lowest BCUT2D eigenvalue weighted by Crippen LogP contribution is -2.26. The lowest BCUT2D eigenvalue weighted by Gasteiger charge is -2.22. The second kappa shape index (κ2) is 8.57. The Morgan fingerprint density at radius 1 is 1.00 bits per heavy atom. The number of aliphatic imine (C=N–C) groups is 1. The van der Waals surface area contributed by atoms with Gasteiger partial charge in [0.05, 0.1) is 16.8 Å². The van der Waals surface area contributed by atoms with Crippen LogP contribution in [0.25, 0.3) is 10.9 Å². The van der Waals surface area contributed by atoms with Gasteiger partial charge < -0.3 is 4.74 Å². The molecule has 1 aliphatic heterocycles. The summed E-state index contributed by atoms with van der Waals surface area (Å²) in [5, 5.41) is 8.38. The molecule has 2 aromatic carbocycles. The summed E-state index contributed by atoms with van der Waals surface area (Å²) in [5.41, 5.74) is 3.06. The van der Waals surface area contributed by atoms with Gasteiger partial charge in [0.1, 0.15) is 11.0 Å². The van der Waals surface area contributed by atoms with Gasteiger partial charge in [0.15, 0.2) is 0 Å². The lowest BCUT2D eigenvalue weighted by atomic mass is 10.1. The Kier molecular flexibility index (Phi) is 5.47. The van der Waals surface area contributed by atoms with E-state index in [1.165, 1.54) is 0 Å². The molecule has 0 fully saturated rings. The van der Waals surface area contributed by atoms with Crippen molar-refractivity contribution in [3.05, 3.63) is 100 Å². The third kappa shape index (κ3) is 4.02. The Hall–Kier alpha value is -3.48. The molecule has 0 aliphatic carbocycles. The maximum atomic E-state index is 6.59. The first kappa shape index (κ1) is 20.4. The van der Waals surface area contributed by atoms with Gasteiger partial charge in [-0.3, -0.25) is 4.98 Å². The Morgan fingerprint density at radius 2 is 1.75 bits per heavy atom. The predicted octanol–water partition coefficient (Wildman–Crippen LogP) is 6.38. The summed E-state index contributed by atoms with van der Waals surface area (Å²) >= 11 is 12.6. The third-order valence-electron chi connectivity index (χ3n) is 4.99. The monoisotopic (exact) mass is 461 g/mol. The number of rotatable bonds is 3. The van der Waals surface area contributed by atoms with Gasteiger partial charge in [-0.2, -0.15) is 0 Å². The van der Waals surface area contributed by atoms with E-state index in [2.05, 4.69) is 9.97 Å². The standard InChI is InChI=1S/C24H17Cl2N5O/c1-15(28-19-8-6-18(25)7-9-19)31-24(32-23(30-31)16-10-12-27-13-11-16)20-14-17-4-2-3-5-21(17)29-22(20)26/h2-14,24H,1H3. The number of amidine groups is 1. The van der Waals surface area contributed by atoms with Crippen molar-refractivity contribution in [1.82, 2.24) is 15.0 Å². The van der Waals surface area contributed by atoms with Crippen LogP contribution in [0.4, 0.5) is 5.69 Å². The molecule has 2 aromatic heterocycles. The Balaban J connectivity index is 1.59. The Labute approximate surface area is 194 Å². The average Bonchev–Trinajstić information content (AvgIpc) is 3.26. The number of pyridine rings is 2. The first-order chi connectivity index (χ1) is 15.6. The van der Waals surface area contributed by atoms with E-state index in [0.29, 0.717) is 27.5 Å². The van der Waals surface area contributed by atoms with Crippen molar-refractivity contribution in [1.29, 1.82) is 0 Å². The van der Waals surface area contributed by atoms with Crippen LogP contribution in [0.1, 0.15) is 24.3 Å². The van der Waals surface area contributed by atoms with E-state index >= 15 is 0 Å². The highest BCUT2D eigenvalue weighted by molar-refractivity contribution is 6.31. The number of hydrogen-bond donors (Lipinski definition) is 0. The van der Waals surface area contributed by atoms with Crippen molar-refractivity contribution in [3.8, 4) is 0 Å². The molecule has 3 heterocycles. The van der Waals surface area contributed by atoms with Crippen LogP contribution in [0.2, 0.25) is 10.2 Å². The second-order valence-electron chi connectivity index (χ2n) is 7.15. The van der Waals surface area contributed by atoms with Crippen molar-refractivity contribution < 1.29 is 4.74 Å². The van der Waals surface area contributed by atoms with Crippen molar-refractivity contribution in [2.24, 2.45) is 10.1 Å². The molecular formula is C24H17Cl2N5O. The van der Waals surface area contributed by atoms with Crippen molar-refractivity contribution in [3.63, 3.8) is 0 Å². The first-order valence-corrected chi connectivity index (χ1v) is 10.6. The normalized spacial score (nSPS) is 16.2. The number of aromatic nitrogens is 2. The minimum atomic E-state index is -0.626. The summed E-state index contributed by atoms with van der Waals surface area (Å²) in [6, 6.07) is 20.7. The van der Waals surface area contributed by atoms with Gasteiger partial charge in [-0.25, -0.2) is 15.0 Å². The molecule has 0 spiro atoms. The van der Waals surface area contributed by atoms with Crippen LogP contribution in [0.5, 0.6) is 0 Å². The SMILES string of the molecule is CC(=Nc1ccc(Cl)cc1)N1N=C(c2ccncc2)OC1c1cc2ccccc2nc1Cl. The van der Waals surface area contributed by atoms with Crippen LogP contribution in [0.15, 0.2) is 89.2 Å². The summed E-state index contributed by atoms with van der Waals surface area (Å²) in [7, 11) is 0. The molecular weight excluding hydrogens is 445 g/mol. The molecule has 1 unspecified atom stereocenters. The number of hydrogen-bond acceptors (Lipinski definition) is 5. The van der Waals surface area contributed by atoms with Gasteiger partial charge in [0, 0.05) is 28.4 Å². The number of nitrogens with zero attached hydrogens (tertiary/aromatic N) is 5. The fourth-order valence-electron chi connectivity index (χ4n) is 3.42. The third-order valence-corrected chi connectivity index (χ3v) is 5.55. The number of halogens is 2. The van der Waals surface area contributed by atoms with Gasteiger partial charge in [-0.15, -0.1) is 5.10 Å². The van der Waals surface area contributed by atoms with E-state index in [1.54, 1.807) is 29.5 Å². The zero-order chi connectivity index (χ0) is 22.1. The molecule has 0 amide bonds. The zero-order valence-electron chi connectivity index (χ0n) is 17.0. The highest BCUT2D eigenvalue weighted by atomic mass is 35.5. The molecule has 1 atom stereocenters. The van der Waals surface area contributed by atoms with E-state index < -0.39 is 6.23 Å². The van der Waals surface area contributed by atoms with Gasteiger partial charge in [0.2, 0.25) is 12.1 Å². The molecule has 0 radical (unpaired) electrons. The molecule has 0 N–H and O–H groups in total. The largest absolute Gasteiger partial charge is 0.446 e. The van der Waals surface area contributed by atoms with E-state index in [9.17, 15) is 0 Å². The first-order valence-electron chi connectivity index (χ1n) is 9.89. The number of benzene rings is 2. The van der Waals surface area contributed by atoms with Crippen LogP contribution >= 0.6 is 23.2 Å². The Morgan fingerprint density at radius 3 is 2.53 bits per heavy atom. The summed E-state index contributed by atoms with van der Waals surface area (Å²) in [5.74, 6) is 1.08. The van der Waals surface area contributed by atoms with Crippen LogP contribution in [-0.2, 0) is 4.74 Å². The van der Waals surface area contributed by atoms with Crippen LogP contribution < -0.4 is 0 Å². The fraction of sp³-hybridized carbons (Fsp3) is 0.0833. The summed E-state index contributed by atoms with van der Waals surface area (Å²) < 4.78 is 6.28. The molecule has 8 heteroatoms. The number of hydrazone groups is 1. The molecule has 5 rings (SSSR count). The molecule has 0 saturated heterocycles. The topological polar surface area (TPSA) is 63.0 Å². The maximum absolute atomic E-state index is 6.59. The molecule has 4 aromatic rings. The molecule has 0 saturated carbocycles. The zero-order valence-corrected chi connectivity index (χ0v) is 18.5. The van der Waals surface area contributed by atoms with Gasteiger partial charge in [-0.1, -0.05) is 41.4 Å². The summed E-state index contributed by atoms with van der Waals surface area (Å²) in [6.45, 7) is 1.87. The van der Waals surface area contributed by atoms with Crippen molar-refractivity contribution in [2.45, 2.75) is 13.2 Å². The van der Waals surface area contributed by atoms with E-state index in [0.717, 1.165) is 22.2 Å². The van der Waals surface area contributed by atoms with Crippen LogP contribution in [-0.4, -0.2) is 26.7 Å². The molecule has 32 heavy (non-hydrogen) atoms. The number of para-hydroxylation sites is 1. The summed E-state index contributed by atoms with van der Waals surface area (Å²) in [4.78, 5) is 13.3. The molecule has 0 bridgehead atoms. The molecule has 6 nitrogen and oxygen atoms in total. The fourth-order valence-corrected chi connectivity index (χ4v) is 3.79. The van der Waals surface area contributed by atoms with E-state index in [1.807, 2.05) is 61.5 Å². The maximum Gasteiger partial charge on any atom is 0.241 e. The van der Waals surface area contributed by atoms with Gasteiger partial charge in [-0.05, 0) is 55.5 Å². The molecule has 1 aliphatic rings. The average molecular weight is 462 g/mol. The minimum absolute atomic E-state index is 0.351. The molecule has 158 valence electrons. The predicted molar refractivity (Wildman–Crippen MR) is 127 cm³/mol. The lowest BCUT2D eigenvalue weighted by molar-refractivity contribution is 0.110. The number of ether oxygens (including phenoxy) is 1. The summed E-state index contributed by atoms with van der Waals surface area (Å²) in [6.07, 6.45) is 2.76. The highest BCUT2D eigenvalue weighted by Crippen LogP contribution is 2.36. The van der Waals surface area contributed by atoms with Crippen LogP contribution in [0.3, 0.4) is 0 Å². The number of fused-ring (bicyclic) bond motifs is 1. The second-order valence-corrected chi connectivity index (χ2v) is 7.95. The smallest absolute Gasteiger partial charge is 0.241 e. The van der Waals surface area contributed by atoms with E-state index in [-0.39, 0.29) is 0 Å². The minimum Gasteiger partial charge on any atom is -0.446 e.